The number of aliphatic carboxylic acids is 1. The summed E-state index contributed by atoms with van der Waals surface area (Å²) in [6.07, 6.45) is -1.93. The van der Waals surface area contributed by atoms with E-state index in [0.717, 1.165) is 0 Å². The summed E-state index contributed by atoms with van der Waals surface area (Å²) >= 11 is 0. The Hall–Kier alpha value is -0.810. The zero-order valence-corrected chi connectivity index (χ0v) is 8.48. The molecular formula is C10H12F4O2. The summed E-state index contributed by atoms with van der Waals surface area (Å²) in [6, 6.07) is 0. The quantitative estimate of drug-likeness (QED) is 0.753. The predicted octanol–water partition coefficient (Wildman–Crippen LogP) is 2.92. The summed E-state index contributed by atoms with van der Waals surface area (Å²) < 4.78 is 51.9. The number of halogens is 4. The third-order valence-corrected chi connectivity index (χ3v) is 3.82. The average Bonchev–Trinajstić information content (AvgIpc) is 2.70. The van der Waals surface area contributed by atoms with E-state index in [-0.39, 0.29) is 12.8 Å². The van der Waals surface area contributed by atoms with Gasteiger partial charge >= 0.3 is 5.97 Å². The molecule has 2 fully saturated rings. The lowest BCUT2D eigenvalue weighted by atomic mass is 9.76. The van der Waals surface area contributed by atoms with Gasteiger partial charge in [-0.25, -0.2) is 17.6 Å². The van der Waals surface area contributed by atoms with Crippen LogP contribution in [0.1, 0.15) is 32.1 Å². The first-order chi connectivity index (χ1) is 7.21. The molecule has 0 aliphatic heterocycles. The van der Waals surface area contributed by atoms with Crippen LogP contribution in [0.2, 0.25) is 0 Å². The van der Waals surface area contributed by atoms with Crippen molar-refractivity contribution in [3.63, 3.8) is 0 Å². The van der Waals surface area contributed by atoms with E-state index < -0.39 is 48.4 Å². The van der Waals surface area contributed by atoms with Crippen molar-refractivity contribution in [2.45, 2.75) is 43.9 Å². The first-order valence-electron chi connectivity index (χ1n) is 5.20. The van der Waals surface area contributed by atoms with Crippen LogP contribution in [0, 0.1) is 11.3 Å². The molecule has 92 valence electrons. The Morgan fingerprint density at radius 1 is 1.12 bits per heavy atom. The maximum absolute atomic E-state index is 13.1. The molecule has 0 aromatic heterocycles. The first-order valence-corrected chi connectivity index (χ1v) is 5.20. The average molecular weight is 240 g/mol. The molecule has 0 heterocycles. The molecule has 2 nitrogen and oxygen atoms in total. The largest absolute Gasteiger partial charge is 0.481 e. The van der Waals surface area contributed by atoms with Gasteiger partial charge in [0.15, 0.2) is 0 Å². The Kier molecular flexibility index (Phi) is 2.27. The molecule has 2 aliphatic carbocycles. The molecular weight excluding hydrogens is 228 g/mol. The molecule has 0 spiro atoms. The second kappa shape index (κ2) is 3.11. The van der Waals surface area contributed by atoms with Crippen molar-refractivity contribution < 1.29 is 27.5 Å². The Morgan fingerprint density at radius 3 is 1.88 bits per heavy atom. The Balaban J connectivity index is 2.12. The zero-order chi connectivity index (χ0) is 12.2. The molecule has 0 aromatic carbocycles. The number of hydrogen-bond acceptors (Lipinski definition) is 1. The summed E-state index contributed by atoms with van der Waals surface area (Å²) in [4.78, 5) is 10.9. The number of carboxylic acids is 1. The van der Waals surface area contributed by atoms with Gasteiger partial charge in [-0.1, -0.05) is 0 Å². The van der Waals surface area contributed by atoms with Gasteiger partial charge in [0.25, 0.3) is 5.92 Å². The fourth-order valence-corrected chi connectivity index (χ4v) is 2.69. The SMILES string of the molecule is O=C(O)C1(C2CCC(F)(F)CC2)CC1(F)F. The maximum Gasteiger partial charge on any atom is 0.316 e. The molecule has 1 unspecified atom stereocenters. The summed E-state index contributed by atoms with van der Waals surface area (Å²) in [5.74, 6) is -8.41. The molecule has 0 aromatic rings. The van der Waals surface area contributed by atoms with Gasteiger partial charge in [-0.15, -0.1) is 0 Å². The Morgan fingerprint density at radius 2 is 1.56 bits per heavy atom. The van der Waals surface area contributed by atoms with E-state index in [1.165, 1.54) is 0 Å². The molecule has 2 aliphatic rings. The van der Waals surface area contributed by atoms with Gasteiger partial charge < -0.3 is 5.11 Å². The van der Waals surface area contributed by atoms with Crippen LogP contribution in [0.3, 0.4) is 0 Å². The van der Waals surface area contributed by atoms with E-state index in [1.54, 1.807) is 0 Å². The minimum atomic E-state index is -3.23. The molecule has 0 amide bonds. The molecule has 0 radical (unpaired) electrons. The fraction of sp³-hybridized carbons (Fsp3) is 0.900. The topological polar surface area (TPSA) is 37.3 Å². The maximum atomic E-state index is 13.1. The smallest absolute Gasteiger partial charge is 0.316 e. The fourth-order valence-electron chi connectivity index (χ4n) is 2.69. The third-order valence-electron chi connectivity index (χ3n) is 3.82. The molecule has 2 rings (SSSR count). The van der Waals surface area contributed by atoms with Gasteiger partial charge in [0.05, 0.1) is 0 Å². The Labute approximate surface area is 89.6 Å². The number of hydrogen-bond donors (Lipinski definition) is 1. The summed E-state index contributed by atoms with van der Waals surface area (Å²) in [7, 11) is 0. The van der Waals surface area contributed by atoms with Crippen molar-refractivity contribution in [3.8, 4) is 0 Å². The van der Waals surface area contributed by atoms with Crippen molar-refractivity contribution in [2.75, 3.05) is 0 Å². The van der Waals surface area contributed by atoms with Crippen LogP contribution in [-0.2, 0) is 4.79 Å². The monoisotopic (exact) mass is 240 g/mol. The minimum absolute atomic E-state index is 0.130. The van der Waals surface area contributed by atoms with Gasteiger partial charge in [0.1, 0.15) is 5.41 Å². The van der Waals surface area contributed by atoms with Crippen LogP contribution >= 0.6 is 0 Å². The second-order valence-corrected chi connectivity index (χ2v) is 4.79. The van der Waals surface area contributed by atoms with Crippen LogP contribution in [0.25, 0.3) is 0 Å². The third kappa shape index (κ3) is 1.50. The summed E-state index contributed by atoms with van der Waals surface area (Å²) in [5, 5.41) is 8.85. The number of rotatable bonds is 2. The highest BCUT2D eigenvalue weighted by Crippen LogP contribution is 2.67. The van der Waals surface area contributed by atoms with E-state index in [2.05, 4.69) is 0 Å². The highest BCUT2D eigenvalue weighted by Gasteiger charge is 2.79. The van der Waals surface area contributed by atoms with Crippen LogP contribution < -0.4 is 0 Å². The van der Waals surface area contributed by atoms with Crippen molar-refractivity contribution in [2.24, 2.45) is 11.3 Å². The van der Waals surface area contributed by atoms with E-state index >= 15 is 0 Å². The van der Waals surface area contributed by atoms with Gasteiger partial charge in [-0.2, -0.15) is 0 Å². The van der Waals surface area contributed by atoms with Gasteiger partial charge in [0.2, 0.25) is 5.92 Å². The highest BCUT2D eigenvalue weighted by atomic mass is 19.3. The van der Waals surface area contributed by atoms with E-state index in [4.69, 9.17) is 5.11 Å². The van der Waals surface area contributed by atoms with Crippen LogP contribution in [0.5, 0.6) is 0 Å². The molecule has 0 saturated heterocycles. The molecule has 6 heteroatoms. The second-order valence-electron chi connectivity index (χ2n) is 4.79. The van der Waals surface area contributed by atoms with Crippen molar-refractivity contribution in [3.05, 3.63) is 0 Å². The molecule has 1 N–H and O–H groups in total. The molecule has 0 bridgehead atoms. The zero-order valence-electron chi connectivity index (χ0n) is 8.48. The number of carbonyl (C=O) groups is 1. The highest BCUT2D eigenvalue weighted by molar-refractivity contribution is 5.80. The van der Waals surface area contributed by atoms with Gasteiger partial charge in [-0.05, 0) is 18.8 Å². The van der Waals surface area contributed by atoms with Gasteiger partial charge in [0, 0.05) is 19.3 Å². The lowest BCUT2D eigenvalue weighted by Crippen LogP contribution is -2.36. The lowest BCUT2D eigenvalue weighted by molar-refractivity contribution is -0.154. The predicted molar refractivity (Wildman–Crippen MR) is 46.5 cm³/mol. The van der Waals surface area contributed by atoms with E-state index in [0.29, 0.717) is 0 Å². The van der Waals surface area contributed by atoms with Crippen molar-refractivity contribution in [1.29, 1.82) is 0 Å². The van der Waals surface area contributed by atoms with Crippen molar-refractivity contribution in [1.82, 2.24) is 0 Å². The van der Waals surface area contributed by atoms with Crippen molar-refractivity contribution >= 4 is 5.97 Å². The van der Waals surface area contributed by atoms with E-state index in [9.17, 15) is 22.4 Å². The number of carboxylic acid groups (broad SMARTS) is 1. The van der Waals surface area contributed by atoms with Gasteiger partial charge in [-0.3, -0.25) is 4.79 Å². The van der Waals surface area contributed by atoms with E-state index in [1.807, 2.05) is 0 Å². The molecule has 2 saturated carbocycles. The molecule has 16 heavy (non-hydrogen) atoms. The summed E-state index contributed by atoms with van der Waals surface area (Å²) in [5.41, 5.74) is -2.07. The van der Waals surface area contributed by atoms with Crippen LogP contribution in [0.15, 0.2) is 0 Å². The summed E-state index contributed by atoms with van der Waals surface area (Å²) in [6.45, 7) is 0. The Bertz CT molecular complexity index is 319. The van der Waals surface area contributed by atoms with Crippen LogP contribution in [-0.4, -0.2) is 22.9 Å². The molecule has 1 atom stereocenters. The standard InChI is InChI=1S/C10H12F4O2/c11-8(12)3-1-6(2-4-8)9(7(15)16)5-10(9,13)14/h6H,1-5H2,(H,15,16). The lowest BCUT2D eigenvalue weighted by Gasteiger charge is -2.32. The number of alkyl halides is 4. The van der Waals surface area contributed by atoms with Crippen LogP contribution in [0.4, 0.5) is 17.6 Å². The first kappa shape index (κ1) is 11.7. The minimum Gasteiger partial charge on any atom is -0.481 e. The normalized spacial score (nSPS) is 37.0.